The summed E-state index contributed by atoms with van der Waals surface area (Å²) in [4.78, 5) is 13.3. The predicted octanol–water partition coefficient (Wildman–Crippen LogP) is 0.144. The number of sulfone groups is 1. The molecule has 0 fully saturated rings. The highest BCUT2D eigenvalue weighted by Crippen LogP contribution is 2.23. The molecule has 0 spiro atoms. The normalized spacial score (nSPS) is 13.4. The van der Waals surface area contributed by atoms with Crippen LogP contribution in [0, 0.1) is 10.1 Å². The van der Waals surface area contributed by atoms with Gasteiger partial charge in [0.1, 0.15) is 0 Å². The zero-order valence-corrected chi connectivity index (χ0v) is 9.22. The van der Waals surface area contributed by atoms with Crippen molar-refractivity contribution in [3.05, 3.63) is 28.4 Å². The Morgan fingerprint density at radius 2 is 2.25 bits per heavy atom. The second-order valence-electron chi connectivity index (χ2n) is 3.12. The van der Waals surface area contributed by atoms with Gasteiger partial charge in [-0.15, -0.1) is 0 Å². The van der Waals surface area contributed by atoms with Gasteiger partial charge in [-0.2, -0.15) is 0 Å². The minimum absolute atomic E-state index is 0.581. The molecule has 0 aliphatic rings. The molecule has 0 aliphatic carbocycles. The Hall–Kier alpha value is -1.54. The number of nitrogens with zero attached hydrogens (tertiary/aromatic N) is 2. The second-order valence-corrected chi connectivity index (χ2v) is 5.40. The van der Waals surface area contributed by atoms with E-state index in [1.807, 2.05) is 0 Å². The maximum absolute atomic E-state index is 11.8. The molecule has 0 aliphatic heterocycles. The van der Waals surface area contributed by atoms with Crippen LogP contribution in [0.5, 0.6) is 0 Å². The number of rotatable bonds is 4. The second kappa shape index (κ2) is 4.54. The molecule has 88 valence electrons. The van der Waals surface area contributed by atoms with Crippen LogP contribution in [0.4, 0.5) is 5.69 Å². The highest BCUT2D eigenvalue weighted by atomic mass is 32.2. The molecule has 1 rings (SSSR count). The molecule has 0 unspecified atom stereocenters. The van der Waals surface area contributed by atoms with Crippen LogP contribution in [-0.2, 0) is 9.84 Å². The highest BCUT2D eigenvalue weighted by Gasteiger charge is 2.31. The Labute approximate surface area is 91.8 Å². The summed E-state index contributed by atoms with van der Waals surface area (Å²) in [7, 11) is -3.97. The monoisotopic (exact) mass is 246 g/mol. The van der Waals surface area contributed by atoms with Crippen LogP contribution in [0.2, 0.25) is 0 Å². The maximum Gasteiger partial charge on any atom is 0.306 e. The van der Waals surface area contributed by atoms with Gasteiger partial charge >= 0.3 is 5.69 Å². The van der Waals surface area contributed by atoms with E-state index < -0.39 is 37.3 Å². The number of aromatic nitrogens is 1. The summed E-state index contributed by atoms with van der Waals surface area (Å²) in [6, 6.07) is 2.34. The van der Waals surface area contributed by atoms with Crippen LogP contribution < -0.4 is 0 Å². The van der Waals surface area contributed by atoms with Gasteiger partial charge in [-0.3, -0.25) is 10.1 Å². The summed E-state index contributed by atoms with van der Waals surface area (Å²) < 4.78 is 23.5. The Morgan fingerprint density at radius 3 is 2.75 bits per heavy atom. The molecule has 0 radical (unpaired) electrons. The first-order valence-corrected chi connectivity index (χ1v) is 5.90. The first kappa shape index (κ1) is 12.5. The Balaban J connectivity index is 3.39. The predicted molar refractivity (Wildman–Crippen MR) is 54.6 cm³/mol. The Morgan fingerprint density at radius 1 is 1.62 bits per heavy atom. The van der Waals surface area contributed by atoms with Crippen molar-refractivity contribution >= 4 is 15.5 Å². The molecule has 16 heavy (non-hydrogen) atoms. The minimum atomic E-state index is -3.97. The third kappa shape index (κ3) is 2.17. The molecule has 0 bridgehead atoms. The van der Waals surface area contributed by atoms with Gasteiger partial charge in [0.2, 0.25) is 14.9 Å². The summed E-state index contributed by atoms with van der Waals surface area (Å²) >= 11 is 0. The quantitative estimate of drug-likeness (QED) is 0.597. The van der Waals surface area contributed by atoms with Gasteiger partial charge in [-0.1, -0.05) is 0 Å². The number of aliphatic hydroxyl groups is 1. The average Bonchev–Trinajstić information content (AvgIpc) is 2.27. The number of hydrogen-bond donors (Lipinski definition) is 1. The van der Waals surface area contributed by atoms with Crippen molar-refractivity contribution in [1.82, 2.24) is 4.98 Å². The summed E-state index contributed by atoms with van der Waals surface area (Å²) in [5.41, 5.74) is -0.581. The van der Waals surface area contributed by atoms with Crippen LogP contribution in [0.3, 0.4) is 0 Å². The number of nitro groups is 1. The van der Waals surface area contributed by atoms with Crippen LogP contribution >= 0.6 is 0 Å². The van der Waals surface area contributed by atoms with Gasteiger partial charge < -0.3 is 5.11 Å². The maximum atomic E-state index is 11.8. The topological polar surface area (TPSA) is 110 Å². The SMILES string of the molecule is C[C@H](CO)S(=O)(=O)c1ncccc1[N+](=O)[O-]. The molecule has 1 aromatic heterocycles. The number of aliphatic hydroxyl groups excluding tert-OH is 1. The molecule has 0 aromatic carbocycles. The molecule has 1 aromatic rings. The molecule has 0 amide bonds. The smallest absolute Gasteiger partial charge is 0.306 e. The lowest BCUT2D eigenvalue weighted by Gasteiger charge is -2.08. The molecule has 1 N–H and O–H groups in total. The van der Waals surface area contributed by atoms with E-state index in [0.29, 0.717) is 0 Å². The van der Waals surface area contributed by atoms with E-state index in [2.05, 4.69) is 4.98 Å². The van der Waals surface area contributed by atoms with Crippen molar-refractivity contribution in [2.24, 2.45) is 0 Å². The third-order valence-electron chi connectivity index (χ3n) is 2.00. The molecule has 0 saturated heterocycles. The first-order chi connectivity index (χ1) is 7.41. The van der Waals surface area contributed by atoms with Crippen molar-refractivity contribution in [3.8, 4) is 0 Å². The highest BCUT2D eigenvalue weighted by molar-refractivity contribution is 7.92. The fraction of sp³-hybridized carbons (Fsp3) is 0.375. The molecule has 7 nitrogen and oxygen atoms in total. The first-order valence-electron chi connectivity index (χ1n) is 4.35. The van der Waals surface area contributed by atoms with Crippen LogP contribution in [0.25, 0.3) is 0 Å². The van der Waals surface area contributed by atoms with Gasteiger partial charge in [-0.05, 0) is 13.0 Å². The molecule has 8 heteroatoms. The van der Waals surface area contributed by atoms with Crippen molar-refractivity contribution in [2.45, 2.75) is 17.2 Å². The van der Waals surface area contributed by atoms with Crippen molar-refractivity contribution in [3.63, 3.8) is 0 Å². The molecule has 0 saturated carbocycles. The summed E-state index contributed by atoms with van der Waals surface area (Å²) in [6.45, 7) is 0.643. The van der Waals surface area contributed by atoms with Crippen molar-refractivity contribution < 1.29 is 18.4 Å². The largest absolute Gasteiger partial charge is 0.395 e. The lowest BCUT2D eigenvalue weighted by Crippen LogP contribution is -2.23. The zero-order valence-electron chi connectivity index (χ0n) is 8.40. The van der Waals surface area contributed by atoms with Gasteiger partial charge in [0.25, 0.3) is 0 Å². The Bertz CT molecular complexity index is 499. The van der Waals surface area contributed by atoms with Crippen LogP contribution in [0.1, 0.15) is 6.92 Å². The zero-order chi connectivity index (χ0) is 12.3. The van der Waals surface area contributed by atoms with Crippen LogP contribution in [-0.4, -0.2) is 35.3 Å². The van der Waals surface area contributed by atoms with E-state index in [1.54, 1.807) is 0 Å². The minimum Gasteiger partial charge on any atom is -0.395 e. The number of hydrogen-bond acceptors (Lipinski definition) is 6. The summed E-state index contributed by atoms with van der Waals surface area (Å²) in [5.74, 6) is 0. The molecule has 1 atom stereocenters. The van der Waals surface area contributed by atoms with E-state index in [9.17, 15) is 18.5 Å². The fourth-order valence-corrected chi connectivity index (χ4v) is 2.25. The van der Waals surface area contributed by atoms with Gasteiger partial charge in [0, 0.05) is 12.3 Å². The van der Waals surface area contributed by atoms with E-state index in [-0.39, 0.29) is 0 Å². The molecular weight excluding hydrogens is 236 g/mol. The third-order valence-corrected chi connectivity index (χ3v) is 4.07. The fourth-order valence-electron chi connectivity index (χ4n) is 1.03. The summed E-state index contributed by atoms with van der Waals surface area (Å²) in [5, 5.41) is 17.7. The molecule has 1 heterocycles. The van der Waals surface area contributed by atoms with Gasteiger partial charge in [-0.25, -0.2) is 13.4 Å². The number of pyridine rings is 1. The van der Waals surface area contributed by atoms with Crippen molar-refractivity contribution in [1.29, 1.82) is 0 Å². The van der Waals surface area contributed by atoms with Gasteiger partial charge in [0.05, 0.1) is 16.8 Å². The van der Waals surface area contributed by atoms with E-state index in [1.165, 1.54) is 13.0 Å². The average molecular weight is 246 g/mol. The van der Waals surface area contributed by atoms with Gasteiger partial charge in [0.15, 0.2) is 0 Å². The van der Waals surface area contributed by atoms with E-state index in [0.717, 1.165) is 12.3 Å². The lowest BCUT2D eigenvalue weighted by atomic mass is 10.4. The standard InChI is InChI=1S/C8H10N2O5S/c1-6(5-11)16(14,15)8-7(10(12)13)3-2-4-9-8/h2-4,6,11H,5H2,1H3/t6-/m1/s1. The van der Waals surface area contributed by atoms with Crippen molar-refractivity contribution in [2.75, 3.05) is 6.61 Å². The summed E-state index contributed by atoms with van der Waals surface area (Å²) in [6.07, 6.45) is 1.16. The van der Waals surface area contributed by atoms with Crippen LogP contribution in [0.15, 0.2) is 23.4 Å². The van der Waals surface area contributed by atoms with E-state index in [4.69, 9.17) is 5.11 Å². The lowest BCUT2D eigenvalue weighted by molar-refractivity contribution is -0.388. The van der Waals surface area contributed by atoms with E-state index >= 15 is 0 Å². The Kier molecular flexibility index (Phi) is 3.55. The molecular formula is C8H10N2O5S.